The second-order valence-electron chi connectivity index (χ2n) is 7.96. The number of likely N-dealkylation sites (N-methyl/N-ethyl adjacent to an activating group) is 1. The molecule has 1 aliphatic heterocycles. The van der Waals surface area contributed by atoms with E-state index in [1.165, 1.54) is 18.4 Å². The van der Waals surface area contributed by atoms with Crippen molar-refractivity contribution in [1.29, 1.82) is 0 Å². The van der Waals surface area contributed by atoms with Crippen molar-refractivity contribution in [3.8, 4) is 0 Å². The quantitative estimate of drug-likeness (QED) is 0.500. The first-order valence-corrected chi connectivity index (χ1v) is 10.1. The summed E-state index contributed by atoms with van der Waals surface area (Å²) in [6.07, 6.45) is 5.77. The van der Waals surface area contributed by atoms with Crippen LogP contribution in [0.3, 0.4) is 0 Å². The Kier molecular flexibility index (Phi) is 6.72. The summed E-state index contributed by atoms with van der Waals surface area (Å²) in [7, 11) is 3.53. The van der Waals surface area contributed by atoms with Crippen molar-refractivity contribution in [3.05, 3.63) is 35.9 Å². The zero-order valence-electron chi connectivity index (χ0n) is 16.6. The lowest BCUT2D eigenvalue weighted by Crippen LogP contribution is -2.50. The normalized spacial score (nSPS) is 20.1. The fourth-order valence-electron chi connectivity index (χ4n) is 3.80. The van der Waals surface area contributed by atoms with Crippen LogP contribution in [0.1, 0.15) is 31.2 Å². The van der Waals surface area contributed by atoms with E-state index in [9.17, 15) is 4.79 Å². The second kappa shape index (κ2) is 9.22. The number of amides is 1. The number of benzene rings is 1. The molecule has 1 aromatic rings. The van der Waals surface area contributed by atoms with Gasteiger partial charge in [-0.05, 0) is 43.1 Å². The van der Waals surface area contributed by atoms with E-state index in [4.69, 9.17) is 0 Å². The Balaban J connectivity index is 1.41. The highest BCUT2D eigenvalue weighted by molar-refractivity contribution is 5.80. The number of aliphatic imine (C=N–C) groups is 1. The average Bonchev–Trinajstić information content (AvgIpc) is 3.46. The van der Waals surface area contributed by atoms with Gasteiger partial charge < -0.3 is 16.0 Å². The minimum atomic E-state index is 0.0898. The van der Waals surface area contributed by atoms with Gasteiger partial charge in [0.15, 0.2) is 5.96 Å². The predicted molar refractivity (Wildman–Crippen MR) is 110 cm³/mol. The van der Waals surface area contributed by atoms with Crippen LogP contribution in [0.2, 0.25) is 0 Å². The molecule has 0 aromatic heterocycles. The van der Waals surface area contributed by atoms with Crippen LogP contribution >= 0.6 is 0 Å². The van der Waals surface area contributed by atoms with Gasteiger partial charge in [0.1, 0.15) is 0 Å². The van der Waals surface area contributed by atoms with E-state index in [0.717, 1.165) is 44.9 Å². The van der Waals surface area contributed by atoms with E-state index < -0.39 is 0 Å². The molecule has 2 aliphatic rings. The van der Waals surface area contributed by atoms with E-state index in [0.29, 0.717) is 18.0 Å². The van der Waals surface area contributed by atoms with Crippen molar-refractivity contribution in [2.24, 2.45) is 10.4 Å². The molecule has 0 bridgehead atoms. The number of piperidine rings is 1. The van der Waals surface area contributed by atoms with Crippen LogP contribution in [0.25, 0.3) is 0 Å². The molecule has 27 heavy (non-hydrogen) atoms. The van der Waals surface area contributed by atoms with Gasteiger partial charge >= 0.3 is 0 Å². The number of rotatable bonds is 7. The lowest BCUT2D eigenvalue weighted by atomic mass is 9.96. The number of guanidine groups is 1. The summed E-state index contributed by atoms with van der Waals surface area (Å²) in [4.78, 5) is 18.1. The maximum Gasteiger partial charge on any atom is 0.233 e. The van der Waals surface area contributed by atoms with Crippen molar-refractivity contribution in [1.82, 2.24) is 20.9 Å². The van der Waals surface area contributed by atoms with Gasteiger partial charge in [-0.3, -0.25) is 14.7 Å². The molecule has 1 heterocycles. The highest BCUT2D eigenvalue weighted by atomic mass is 16.1. The van der Waals surface area contributed by atoms with Crippen LogP contribution in [0.4, 0.5) is 0 Å². The first kappa shape index (κ1) is 19.7. The summed E-state index contributed by atoms with van der Waals surface area (Å²) >= 11 is 0. The summed E-state index contributed by atoms with van der Waals surface area (Å²) in [5.74, 6) is 0.992. The maximum absolute atomic E-state index is 11.5. The van der Waals surface area contributed by atoms with E-state index in [1.807, 2.05) is 7.05 Å². The Morgan fingerprint density at radius 3 is 2.52 bits per heavy atom. The molecule has 3 rings (SSSR count). The molecule has 0 atom stereocenters. The van der Waals surface area contributed by atoms with E-state index in [2.05, 4.69) is 56.2 Å². The molecule has 0 spiro atoms. The summed E-state index contributed by atoms with van der Waals surface area (Å²) in [5.41, 5.74) is 1.80. The molecule has 6 nitrogen and oxygen atoms in total. The average molecular weight is 372 g/mol. The highest BCUT2D eigenvalue weighted by Gasteiger charge is 2.42. The molecule has 1 aliphatic carbocycles. The topological polar surface area (TPSA) is 68.8 Å². The third-order valence-corrected chi connectivity index (χ3v) is 5.81. The molecule has 1 aromatic carbocycles. The number of carbonyl (C=O) groups excluding carboxylic acids is 1. The molecule has 0 unspecified atom stereocenters. The Morgan fingerprint density at radius 1 is 1.22 bits per heavy atom. The molecule has 0 radical (unpaired) electrons. The predicted octanol–water partition coefficient (Wildman–Crippen LogP) is 1.38. The number of hydrogen-bond acceptors (Lipinski definition) is 3. The van der Waals surface area contributed by atoms with Crippen LogP contribution in [0.5, 0.6) is 0 Å². The molecule has 1 saturated carbocycles. The SMILES string of the molecule is CN=C(NCC1(Cc2ccccc2)CC1)NC1CCN(CC(=O)NC)CC1. The third kappa shape index (κ3) is 5.96. The monoisotopic (exact) mass is 371 g/mol. The summed E-state index contributed by atoms with van der Waals surface area (Å²) in [6, 6.07) is 11.2. The summed E-state index contributed by atoms with van der Waals surface area (Å²) in [5, 5.41) is 9.82. The Hall–Kier alpha value is -2.08. The van der Waals surface area contributed by atoms with Crippen molar-refractivity contribution in [3.63, 3.8) is 0 Å². The van der Waals surface area contributed by atoms with Gasteiger partial charge in [0.2, 0.25) is 5.91 Å². The lowest BCUT2D eigenvalue weighted by molar-refractivity contribution is -0.122. The third-order valence-electron chi connectivity index (χ3n) is 5.81. The molecule has 148 valence electrons. The van der Waals surface area contributed by atoms with Gasteiger partial charge in [0, 0.05) is 39.8 Å². The smallest absolute Gasteiger partial charge is 0.233 e. The number of carbonyl (C=O) groups is 1. The standard InChI is InChI=1S/C21H33N5O/c1-22-19(27)15-26-12-8-18(9-13-26)25-20(23-2)24-16-21(10-11-21)14-17-6-4-3-5-7-17/h3-7,18H,8-16H2,1-2H3,(H,22,27)(H2,23,24,25). The fraction of sp³-hybridized carbons (Fsp3) is 0.619. The van der Waals surface area contributed by atoms with Crippen LogP contribution in [0, 0.1) is 5.41 Å². The lowest BCUT2D eigenvalue weighted by Gasteiger charge is -2.32. The molecule has 3 N–H and O–H groups in total. The number of nitrogens with zero attached hydrogens (tertiary/aromatic N) is 2. The van der Waals surface area contributed by atoms with Gasteiger partial charge in [0.25, 0.3) is 0 Å². The molecule has 6 heteroatoms. The zero-order valence-corrected chi connectivity index (χ0v) is 16.6. The van der Waals surface area contributed by atoms with Gasteiger partial charge in [-0.15, -0.1) is 0 Å². The van der Waals surface area contributed by atoms with Crippen LogP contribution in [-0.2, 0) is 11.2 Å². The fourth-order valence-corrected chi connectivity index (χ4v) is 3.80. The van der Waals surface area contributed by atoms with Crippen LogP contribution < -0.4 is 16.0 Å². The molecular weight excluding hydrogens is 338 g/mol. The van der Waals surface area contributed by atoms with Gasteiger partial charge in [0.05, 0.1) is 6.54 Å². The van der Waals surface area contributed by atoms with E-state index >= 15 is 0 Å². The van der Waals surface area contributed by atoms with Gasteiger partial charge in [-0.1, -0.05) is 30.3 Å². The number of nitrogens with one attached hydrogen (secondary N) is 3. The zero-order chi connectivity index (χ0) is 19.1. The molecule has 2 fully saturated rings. The Labute approximate surface area is 162 Å². The summed E-state index contributed by atoms with van der Waals surface area (Å²) < 4.78 is 0. The highest BCUT2D eigenvalue weighted by Crippen LogP contribution is 2.47. The maximum atomic E-state index is 11.5. The first-order chi connectivity index (χ1) is 13.1. The molecular formula is C21H33N5O. The van der Waals surface area contributed by atoms with E-state index in [-0.39, 0.29) is 5.91 Å². The Morgan fingerprint density at radius 2 is 1.93 bits per heavy atom. The van der Waals surface area contributed by atoms with Gasteiger partial charge in [-0.2, -0.15) is 0 Å². The summed E-state index contributed by atoms with van der Waals surface area (Å²) in [6.45, 7) is 3.36. The van der Waals surface area contributed by atoms with Gasteiger partial charge in [-0.25, -0.2) is 0 Å². The van der Waals surface area contributed by atoms with Crippen molar-refractivity contribution < 1.29 is 4.79 Å². The van der Waals surface area contributed by atoms with Crippen molar-refractivity contribution >= 4 is 11.9 Å². The minimum absolute atomic E-state index is 0.0898. The minimum Gasteiger partial charge on any atom is -0.358 e. The van der Waals surface area contributed by atoms with Crippen LogP contribution in [-0.4, -0.2) is 63.1 Å². The largest absolute Gasteiger partial charge is 0.358 e. The molecule has 1 amide bonds. The second-order valence-corrected chi connectivity index (χ2v) is 7.96. The number of hydrogen-bond donors (Lipinski definition) is 3. The molecule has 1 saturated heterocycles. The Bertz CT molecular complexity index is 633. The first-order valence-electron chi connectivity index (χ1n) is 10.1. The van der Waals surface area contributed by atoms with Crippen molar-refractivity contribution in [2.75, 3.05) is 40.3 Å². The van der Waals surface area contributed by atoms with Crippen molar-refractivity contribution in [2.45, 2.75) is 38.1 Å². The van der Waals surface area contributed by atoms with Crippen LogP contribution in [0.15, 0.2) is 35.3 Å². The van der Waals surface area contributed by atoms with E-state index in [1.54, 1.807) is 7.05 Å². The number of likely N-dealkylation sites (tertiary alicyclic amines) is 1.